The van der Waals surface area contributed by atoms with E-state index in [0.29, 0.717) is 22.8 Å². The Bertz CT molecular complexity index is 1040. The predicted molar refractivity (Wildman–Crippen MR) is 138 cm³/mol. The van der Waals surface area contributed by atoms with Gasteiger partial charge in [-0.25, -0.2) is 0 Å². The van der Waals surface area contributed by atoms with E-state index in [1.54, 1.807) is 51.1 Å². The van der Waals surface area contributed by atoms with Crippen LogP contribution in [0.2, 0.25) is 0 Å². The van der Waals surface area contributed by atoms with Crippen molar-refractivity contribution in [3.63, 3.8) is 0 Å². The maximum Gasteiger partial charge on any atom is 0.314 e. The number of ether oxygens (including phenoxy) is 4. The summed E-state index contributed by atoms with van der Waals surface area (Å²) in [6.45, 7) is 17.0. The van der Waals surface area contributed by atoms with Gasteiger partial charge in [-0.3, -0.25) is 9.59 Å². The Morgan fingerprint density at radius 2 is 1.34 bits per heavy atom. The van der Waals surface area contributed by atoms with Gasteiger partial charge in [-0.05, 0) is 111 Å². The predicted octanol–water partition coefficient (Wildman–Crippen LogP) is 6.86. The van der Waals surface area contributed by atoms with Crippen molar-refractivity contribution in [1.29, 1.82) is 0 Å². The first-order chi connectivity index (χ1) is 16.0. The Morgan fingerprint density at radius 1 is 0.771 bits per heavy atom. The lowest BCUT2D eigenvalue weighted by atomic mass is 9.98. The summed E-state index contributed by atoms with van der Waals surface area (Å²) in [5.74, 6) is 1.33. The second-order valence-electron chi connectivity index (χ2n) is 11.3. The zero-order valence-corrected chi connectivity index (χ0v) is 22.4. The molecule has 0 aromatic heterocycles. The molecule has 2 rings (SSSR count). The standard InChI is InChI=1S/C29H38O6/c1-27(2,3)26(31)33-19-32-22-14-10-20(11-15-22)24(30)17-13-21-12-16-23(34-28(4,5)6)18-25(21)35-29(7,8)9/h10-18H,19H2,1-9H3/b17-13+. The molecule has 0 atom stereocenters. The Morgan fingerprint density at radius 3 is 1.89 bits per heavy atom. The van der Waals surface area contributed by atoms with Crippen LogP contribution in [0.25, 0.3) is 6.08 Å². The van der Waals surface area contributed by atoms with Crippen LogP contribution >= 0.6 is 0 Å². The molecule has 190 valence electrons. The molecule has 0 aliphatic carbocycles. The van der Waals surface area contributed by atoms with Crippen molar-refractivity contribution in [2.24, 2.45) is 5.41 Å². The summed E-state index contributed by atoms with van der Waals surface area (Å²) in [5.41, 5.74) is -0.0640. The van der Waals surface area contributed by atoms with E-state index in [-0.39, 0.29) is 24.1 Å². The number of carbonyl (C=O) groups excluding carboxylic acids is 2. The molecule has 0 aliphatic heterocycles. The number of carbonyl (C=O) groups is 2. The van der Waals surface area contributed by atoms with Crippen LogP contribution in [0, 0.1) is 5.41 Å². The number of esters is 1. The molecule has 2 aromatic carbocycles. The third-order valence-corrected chi connectivity index (χ3v) is 4.41. The number of hydrogen-bond donors (Lipinski definition) is 0. The number of hydrogen-bond acceptors (Lipinski definition) is 6. The summed E-state index contributed by atoms with van der Waals surface area (Å²) in [5, 5.41) is 0. The van der Waals surface area contributed by atoms with Crippen molar-refractivity contribution in [3.05, 3.63) is 59.7 Å². The maximum absolute atomic E-state index is 12.7. The van der Waals surface area contributed by atoms with Crippen LogP contribution in [-0.2, 0) is 9.53 Å². The maximum atomic E-state index is 12.7. The monoisotopic (exact) mass is 482 g/mol. The molecule has 0 bridgehead atoms. The molecule has 0 saturated heterocycles. The van der Waals surface area contributed by atoms with Crippen LogP contribution in [0.4, 0.5) is 0 Å². The molecule has 0 amide bonds. The van der Waals surface area contributed by atoms with Gasteiger partial charge in [0.2, 0.25) is 6.79 Å². The van der Waals surface area contributed by atoms with E-state index >= 15 is 0 Å². The minimum atomic E-state index is -0.594. The summed E-state index contributed by atoms with van der Waals surface area (Å²) in [7, 11) is 0. The minimum absolute atomic E-state index is 0.160. The summed E-state index contributed by atoms with van der Waals surface area (Å²) in [6, 6.07) is 12.3. The van der Waals surface area contributed by atoms with E-state index in [9.17, 15) is 9.59 Å². The Labute approximate surface area is 209 Å². The molecule has 35 heavy (non-hydrogen) atoms. The van der Waals surface area contributed by atoms with Gasteiger partial charge in [-0.15, -0.1) is 0 Å². The van der Waals surface area contributed by atoms with Gasteiger partial charge in [0.25, 0.3) is 0 Å². The van der Waals surface area contributed by atoms with E-state index in [2.05, 4.69) is 0 Å². The van der Waals surface area contributed by atoms with Crippen molar-refractivity contribution >= 4 is 17.8 Å². The molecule has 0 N–H and O–H groups in total. The molecular formula is C29H38O6. The summed E-state index contributed by atoms with van der Waals surface area (Å²) in [6.07, 6.45) is 3.25. The van der Waals surface area contributed by atoms with E-state index in [1.807, 2.05) is 59.7 Å². The SMILES string of the molecule is CC(C)(C)Oc1ccc(/C=C/C(=O)c2ccc(OCOC(=O)C(C)(C)C)cc2)c(OC(C)(C)C)c1. The van der Waals surface area contributed by atoms with Gasteiger partial charge in [0, 0.05) is 17.2 Å². The first kappa shape index (κ1) is 28.0. The van der Waals surface area contributed by atoms with Gasteiger partial charge >= 0.3 is 5.97 Å². The third-order valence-electron chi connectivity index (χ3n) is 4.41. The highest BCUT2D eigenvalue weighted by Crippen LogP contribution is 2.31. The van der Waals surface area contributed by atoms with Gasteiger partial charge in [-0.1, -0.05) is 0 Å². The zero-order valence-electron chi connectivity index (χ0n) is 22.4. The van der Waals surface area contributed by atoms with Crippen molar-refractivity contribution in [2.45, 2.75) is 73.5 Å². The van der Waals surface area contributed by atoms with Gasteiger partial charge in [0.05, 0.1) is 5.41 Å². The smallest absolute Gasteiger partial charge is 0.314 e. The Balaban J connectivity index is 2.10. The topological polar surface area (TPSA) is 71.1 Å². The fourth-order valence-corrected chi connectivity index (χ4v) is 2.83. The normalized spacial score (nSPS) is 12.4. The van der Waals surface area contributed by atoms with Crippen LogP contribution < -0.4 is 14.2 Å². The van der Waals surface area contributed by atoms with Crippen LogP contribution in [0.1, 0.15) is 78.2 Å². The van der Waals surface area contributed by atoms with E-state index in [4.69, 9.17) is 18.9 Å². The highest BCUT2D eigenvalue weighted by molar-refractivity contribution is 6.07. The van der Waals surface area contributed by atoms with Gasteiger partial charge in [-0.2, -0.15) is 0 Å². The highest BCUT2D eigenvalue weighted by Gasteiger charge is 2.23. The van der Waals surface area contributed by atoms with Gasteiger partial charge < -0.3 is 18.9 Å². The van der Waals surface area contributed by atoms with Crippen LogP contribution in [0.5, 0.6) is 17.2 Å². The van der Waals surface area contributed by atoms with Gasteiger partial charge in [0.15, 0.2) is 5.78 Å². The fraction of sp³-hybridized carbons (Fsp3) is 0.448. The van der Waals surface area contributed by atoms with Crippen molar-refractivity contribution in [2.75, 3.05) is 6.79 Å². The minimum Gasteiger partial charge on any atom is -0.488 e. The molecule has 0 aliphatic rings. The average molecular weight is 483 g/mol. The van der Waals surface area contributed by atoms with E-state index < -0.39 is 11.0 Å². The molecular weight excluding hydrogens is 444 g/mol. The highest BCUT2D eigenvalue weighted by atomic mass is 16.7. The molecule has 2 aromatic rings. The van der Waals surface area contributed by atoms with Crippen LogP contribution in [0.3, 0.4) is 0 Å². The molecule has 6 nitrogen and oxygen atoms in total. The molecule has 0 unspecified atom stereocenters. The number of benzene rings is 2. The third kappa shape index (κ3) is 9.85. The lowest BCUT2D eigenvalue weighted by molar-refractivity contribution is -0.159. The van der Waals surface area contributed by atoms with Crippen LogP contribution in [-0.4, -0.2) is 29.7 Å². The Kier molecular flexibility index (Phi) is 8.77. The second-order valence-corrected chi connectivity index (χ2v) is 11.3. The molecule has 0 fully saturated rings. The molecule has 0 saturated carbocycles. The summed E-state index contributed by atoms with van der Waals surface area (Å²) in [4.78, 5) is 24.5. The van der Waals surface area contributed by atoms with Crippen molar-refractivity contribution in [1.82, 2.24) is 0 Å². The zero-order chi connectivity index (χ0) is 26.4. The molecule has 0 radical (unpaired) electrons. The second kappa shape index (κ2) is 11.0. The van der Waals surface area contributed by atoms with Crippen LogP contribution in [0.15, 0.2) is 48.5 Å². The lowest BCUT2D eigenvalue weighted by Gasteiger charge is -2.25. The number of rotatable bonds is 8. The first-order valence-corrected chi connectivity index (χ1v) is 11.7. The Hall–Kier alpha value is -3.28. The van der Waals surface area contributed by atoms with E-state index in [1.165, 1.54) is 6.08 Å². The summed E-state index contributed by atoms with van der Waals surface area (Å²) < 4.78 is 22.6. The molecule has 6 heteroatoms. The molecule has 0 heterocycles. The van der Waals surface area contributed by atoms with Gasteiger partial charge in [0.1, 0.15) is 28.5 Å². The summed E-state index contributed by atoms with van der Waals surface area (Å²) >= 11 is 0. The number of allylic oxidation sites excluding steroid dienone is 1. The lowest BCUT2D eigenvalue weighted by Crippen LogP contribution is -2.24. The quantitative estimate of drug-likeness (QED) is 0.177. The average Bonchev–Trinajstić information content (AvgIpc) is 2.70. The molecule has 0 spiro atoms. The van der Waals surface area contributed by atoms with Crippen molar-refractivity contribution in [3.8, 4) is 17.2 Å². The first-order valence-electron chi connectivity index (χ1n) is 11.7. The van der Waals surface area contributed by atoms with E-state index in [0.717, 1.165) is 5.56 Å². The largest absolute Gasteiger partial charge is 0.488 e. The van der Waals surface area contributed by atoms with Crippen molar-refractivity contribution < 1.29 is 28.5 Å². The number of ketones is 1. The fourth-order valence-electron chi connectivity index (χ4n) is 2.83.